The van der Waals surface area contributed by atoms with Crippen LogP contribution in [0.25, 0.3) is 10.6 Å². The predicted octanol–water partition coefficient (Wildman–Crippen LogP) is 3.51. The van der Waals surface area contributed by atoms with Crippen molar-refractivity contribution in [1.29, 1.82) is 0 Å². The minimum atomic E-state index is -0.147. The number of amides is 2. The highest BCUT2D eigenvalue weighted by molar-refractivity contribution is 7.13. The molecule has 144 valence electrons. The molecule has 7 heteroatoms. The Morgan fingerprint density at radius 2 is 2.00 bits per heavy atom. The zero-order valence-corrected chi connectivity index (χ0v) is 16.4. The molecule has 0 saturated carbocycles. The first-order valence-electron chi connectivity index (χ1n) is 9.70. The molecular formula is C20H25N3O3S. The van der Waals surface area contributed by atoms with Gasteiger partial charge in [-0.15, -0.1) is 11.3 Å². The summed E-state index contributed by atoms with van der Waals surface area (Å²) in [5.41, 5.74) is 0.318. The van der Waals surface area contributed by atoms with Crippen LogP contribution in [0.2, 0.25) is 0 Å². The molecule has 4 heterocycles. The van der Waals surface area contributed by atoms with Gasteiger partial charge in [0.1, 0.15) is 0 Å². The van der Waals surface area contributed by atoms with E-state index >= 15 is 0 Å². The van der Waals surface area contributed by atoms with Crippen molar-refractivity contribution in [3.63, 3.8) is 0 Å². The Morgan fingerprint density at radius 3 is 2.74 bits per heavy atom. The Balaban J connectivity index is 1.40. The SMILES string of the molecule is CC1CCN(C(=O)[C@H]2CCCN(C(=O)c3cc(-c4cccs4)on3)C2)CC1. The average Bonchev–Trinajstić information content (AvgIpc) is 3.39. The molecule has 0 radical (unpaired) electrons. The smallest absolute Gasteiger partial charge is 0.276 e. The van der Waals surface area contributed by atoms with Gasteiger partial charge in [-0.2, -0.15) is 0 Å². The third kappa shape index (κ3) is 3.93. The van der Waals surface area contributed by atoms with Crippen LogP contribution in [0.4, 0.5) is 0 Å². The van der Waals surface area contributed by atoms with Crippen molar-refractivity contribution in [3.05, 3.63) is 29.3 Å². The number of nitrogens with zero attached hydrogens (tertiary/aromatic N) is 3. The van der Waals surface area contributed by atoms with Gasteiger partial charge >= 0.3 is 0 Å². The molecule has 0 aliphatic carbocycles. The Hall–Kier alpha value is -2.15. The molecule has 6 nitrogen and oxygen atoms in total. The van der Waals surface area contributed by atoms with Gasteiger partial charge in [0.25, 0.3) is 5.91 Å². The van der Waals surface area contributed by atoms with Crippen LogP contribution in [0.3, 0.4) is 0 Å². The van der Waals surface area contributed by atoms with E-state index in [2.05, 4.69) is 12.1 Å². The highest BCUT2D eigenvalue weighted by atomic mass is 32.1. The van der Waals surface area contributed by atoms with E-state index in [0.29, 0.717) is 30.5 Å². The summed E-state index contributed by atoms with van der Waals surface area (Å²) < 4.78 is 5.34. The number of rotatable bonds is 3. The van der Waals surface area contributed by atoms with Crippen molar-refractivity contribution < 1.29 is 14.1 Å². The molecule has 2 fully saturated rings. The Morgan fingerprint density at radius 1 is 1.19 bits per heavy atom. The van der Waals surface area contributed by atoms with E-state index in [1.165, 1.54) is 0 Å². The topological polar surface area (TPSA) is 66.7 Å². The lowest BCUT2D eigenvalue weighted by molar-refractivity contribution is -0.138. The fourth-order valence-electron chi connectivity index (χ4n) is 3.92. The monoisotopic (exact) mass is 387 g/mol. The molecule has 27 heavy (non-hydrogen) atoms. The summed E-state index contributed by atoms with van der Waals surface area (Å²) in [7, 11) is 0. The Kier molecular flexibility index (Phi) is 5.29. The molecular weight excluding hydrogens is 362 g/mol. The van der Waals surface area contributed by atoms with Crippen molar-refractivity contribution in [3.8, 4) is 10.6 Å². The molecule has 0 unspecified atom stereocenters. The number of piperidine rings is 2. The van der Waals surface area contributed by atoms with Crippen LogP contribution in [-0.2, 0) is 4.79 Å². The number of thiophene rings is 1. The largest absolute Gasteiger partial charge is 0.355 e. The quantitative estimate of drug-likeness (QED) is 0.808. The minimum Gasteiger partial charge on any atom is -0.355 e. The second-order valence-electron chi connectivity index (χ2n) is 7.65. The summed E-state index contributed by atoms with van der Waals surface area (Å²) in [5.74, 6) is 1.27. The van der Waals surface area contributed by atoms with E-state index in [-0.39, 0.29) is 17.7 Å². The number of carbonyl (C=O) groups is 2. The third-order valence-corrected chi connectivity index (χ3v) is 6.53. The minimum absolute atomic E-state index is 0.0974. The average molecular weight is 388 g/mol. The van der Waals surface area contributed by atoms with Crippen molar-refractivity contribution >= 4 is 23.2 Å². The van der Waals surface area contributed by atoms with E-state index < -0.39 is 0 Å². The maximum Gasteiger partial charge on any atom is 0.276 e. The van der Waals surface area contributed by atoms with E-state index in [1.807, 2.05) is 22.4 Å². The van der Waals surface area contributed by atoms with Crippen LogP contribution < -0.4 is 0 Å². The summed E-state index contributed by atoms with van der Waals surface area (Å²) in [6.07, 6.45) is 3.85. The maximum atomic E-state index is 12.9. The summed E-state index contributed by atoms with van der Waals surface area (Å²) >= 11 is 1.55. The lowest BCUT2D eigenvalue weighted by atomic mass is 9.93. The van der Waals surface area contributed by atoms with Crippen LogP contribution in [0.15, 0.2) is 28.1 Å². The maximum absolute atomic E-state index is 12.9. The molecule has 1 atom stereocenters. The van der Waals surface area contributed by atoms with Gasteiger partial charge in [0.15, 0.2) is 11.5 Å². The van der Waals surface area contributed by atoms with Gasteiger partial charge in [-0.25, -0.2) is 0 Å². The molecule has 0 aromatic carbocycles. The van der Waals surface area contributed by atoms with E-state index in [9.17, 15) is 9.59 Å². The molecule has 0 N–H and O–H groups in total. The van der Waals surface area contributed by atoms with Crippen LogP contribution in [0.1, 0.15) is 43.1 Å². The van der Waals surface area contributed by atoms with Crippen LogP contribution in [0.5, 0.6) is 0 Å². The van der Waals surface area contributed by atoms with Gasteiger partial charge in [0, 0.05) is 32.2 Å². The van der Waals surface area contributed by atoms with Gasteiger partial charge < -0.3 is 14.3 Å². The fraction of sp³-hybridized carbons (Fsp3) is 0.550. The van der Waals surface area contributed by atoms with Crippen molar-refractivity contribution in [2.24, 2.45) is 11.8 Å². The molecule has 2 aromatic heterocycles. The summed E-state index contributed by atoms with van der Waals surface area (Å²) in [5, 5.41) is 5.92. The molecule has 2 aromatic rings. The fourth-order valence-corrected chi connectivity index (χ4v) is 4.60. The van der Waals surface area contributed by atoms with Gasteiger partial charge in [-0.05, 0) is 43.0 Å². The third-order valence-electron chi connectivity index (χ3n) is 5.65. The zero-order valence-electron chi connectivity index (χ0n) is 15.6. The normalized spacial score (nSPS) is 21.4. The Labute approximate surface area is 163 Å². The van der Waals surface area contributed by atoms with Crippen molar-refractivity contribution in [2.45, 2.75) is 32.6 Å². The van der Waals surface area contributed by atoms with Gasteiger partial charge in [0.2, 0.25) is 5.91 Å². The summed E-state index contributed by atoms with van der Waals surface area (Å²) in [6.45, 7) is 5.08. The van der Waals surface area contributed by atoms with Gasteiger partial charge in [-0.1, -0.05) is 18.1 Å². The van der Waals surface area contributed by atoms with Crippen molar-refractivity contribution in [2.75, 3.05) is 26.2 Å². The first-order chi connectivity index (χ1) is 13.1. The van der Waals surface area contributed by atoms with E-state index in [0.717, 1.165) is 43.6 Å². The highest BCUT2D eigenvalue weighted by Gasteiger charge is 2.33. The highest BCUT2D eigenvalue weighted by Crippen LogP contribution is 2.27. The number of likely N-dealkylation sites (tertiary alicyclic amines) is 2. The summed E-state index contributed by atoms with van der Waals surface area (Å²) in [6, 6.07) is 5.58. The van der Waals surface area contributed by atoms with Gasteiger partial charge in [0.05, 0.1) is 10.8 Å². The number of hydrogen-bond acceptors (Lipinski definition) is 5. The first kappa shape index (κ1) is 18.2. The lowest BCUT2D eigenvalue weighted by Crippen LogP contribution is -2.48. The number of hydrogen-bond donors (Lipinski definition) is 0. The number of aromatic nitrogens is 1. The second kappa shape index (κ2) is 7.84. The van der Waals surface area contributed by atoms with Gasteiger partial charge in [-0.3, -0.25) is 9.59 Å². The summed E-state index contributed by atoms with van der Waals surface area (Å²) in [4.78, 5) is 30.4. The van der Waals surface area contributed by atoms with E-state index in [4.69, 9.17) is 4.52 Å². The number of carbonyl (C=O) groups excluding carboxylic acids is 2. The second-order valence-corrected chi connectivity index (χ2v) is 8.60. The molecule has 2 saturated heterocycles. The van der Waals surface area contributed by atoms with Crippen molar-refractivity contribution in [1.82, 2.24) is 15.0 Å². The zero-order chi connectivity index (χ0) is 18.8. The lowest BCUT2D eigenvalue weighted by Gasteiger charge is -2.37. The standard InChI is InChI=1S/C20H25N3O3S/c1-14-6-9-22(10-7-14)19(24)15-4-2-8-23(13-15)20(25)16-12-17(26-21-16)18-5-3-11-27-18/h3,5,11-12,14-15H,2,4,6-10,13H2,1H3/t15-/m0/s1. The predicted molar refractivity (Wildman–Crippen MR) is 103 cm³/mol. The molecule has 2 aliphatic heterocycles. The molecule has 2 aliphatic rings. The molecule has 2 amide bonds. The van der Waals surface area contributed by atoms with Crippen LogP contribution >= 0.6 is 11.3 Å². The van der Waals surface area contributed by atoms with Crippen LogP contribution in [-0.4, -0.2) is 52.9 Å². The molecule has 0 spiro atoms. The first-order valence-corrected chi connectivity index (χ1v) is 10.6. The Bertz CT molecular complexity index is 793. The van der Waals surface area contributed by atoms with Crippen LogP contribution in [0, 0.1) is 11.8 Å². The molecule has 4 rings (SSSR count). The van der Waals surface area contributed by atoms with E-state index in [1.54, 1.807) is 22.3 Å². The molecule has 0 bridgehead atoms.